The minimum absolute atomic E-state index is 0.0473. The van der Waals surface area contributed by atoms with Crippen LogP contribution in [-0.2, 0) is 9.53 Å². The summed E-state index contributed by atoms with van der Waals surface area (Å²) in [6.45, 7) is 12.2. The standard InChI is InChI=1S/C13H19NO2.C2H6/c1-4-6-7-11(5-2)14-10(3)12-8-9-16-13(12)15;1-2/h4-7,10,12,14H,2,8-9H2,1,3H3;1-2H3/b6-4-,11-7+;. The van der Waals surface area contributed by atoms with Gasteiger partial charge in [-0.15, -0.1) is 0 Å². The Bertz CT molecular complexity index is 318. The number of nitrogens with one attached hydrogen (secondary N) is 1. The highest BCUT2D eigenvalue weighted by Crippen LogP contribution is 2.19. The van der Waals surface area contributed by atoms with E-state index < -0.39 is 0 Å². The summed E-state index contributed by atoms with van der Waals surface area (Å²) >= 11 is 0. The lowest BCUT2D eigenvalue weighted by molar-refractivity contribution is -0.141. The first-order valence-electron chi connectivity index (χ1n) is 6.57. The number of carbonyl (C=O) groups excluding carboxylic acids is 1. The summed E-state index contributed by atoms with van der Waals surface area (Å²) in [5.74, 6) is -0.150. The monoisotopic (exact) mass is 251 g/mol. The molecule has 1 aliphatic heterocycles. The Kier molecular flexibility index (Phi) is 8.71. The van der Waals surface area contributed by atoms with E-state index in [1.54, 1.807) is 6.08 Å². The van der Waals surface area contributed by atoms with E-state index in [0.29, 0.717) is 6.61 Å². The topological polar surface area (TPSA) is 38.3 Å². The zero-order valence-corrected chi connectivity index (χ0v) is 11.9. The summed E-state index contributed by atoms with van der Waals surface area (Å²) in [6.07, 6.45) is 8.35. The van der Waals surface area contributed by atoms with Crippen LogP contribution in [0.2, 0.25) is 0 Å². The van der Waals surface area contributed by atoms with E-state index >= 15 is 0 Å². The molecule has 3 heteroatoms. The molecule has 1 rings (SSSR count). The van der Waals surface area contributed by atoms with Gasteiger partial charge < -0.3 is 10.1 Å². The maximum atomic E-state index is 11.4. The molecular formula is C15H25NO2. The van der Waals surface area contributed by atoms with Crippen LogP contribution in [0.3, 0.4) is 0 Å². The van der Waals surface area contributed by atoms with Gasteiger partial charge in [0.15, 0.2) is 0 Å². The maximum absolute atomic E-state index is 11.4. The van der Waals surface area contributed by atoms with E-state index in [2.05, 4.69) is 11.9 Å². The van der Waals surface area contributed by atoms with Crippen LogP contribution >= 0.6 is 0 Å². The van der Waals surface area contributed by atoms with E-state index in [4.69, 9.17) is 4.74 Å². The largest absolute Gasteiger partial charge is 0.465 e. The molecule has 1 fully saturated rings. The van der Waals surface area contributed by atoms with Crippen LogP contribution in [0.5, 0.6) is 0 Å². The summed E-state index contributed by atoms with van der Waals surface area (Å²) in [4.78, 5) is 11.4. The van der Waals surface area contributed by atoms with Crippen molar-refractivity contribution in [3.05, 3.63) is 36.6 Å². The highest BCUT2D eigenvalue weighted by Gasteiger charge is 2.31. The third kappa shape index (κ3) is 5.21. The molecule has 18 heavy (non-hydrogen) atoms. The number of rotatable bonds is 5. The van der Waals surface area contributed by atoms with Crippen molar-refractivity contribution in [2.45, 2.75) is 40.2 Å². The van der Waals surface area contributed by atoms with Gasteiger partial charge >= 0.3 is 5.97 Å². The van der Waals surface area contributed by atoms with Crippen LogP contribution < -0.4 is 5.32 Å². The lowest BCUT2D eigenvalue weighted by Crippen LogP contribution is -2.34. The van der Waals surface area contributed by atoms with Gasteiger partial charge in [0.25, 0.3) is 0 Å². The first kappa shape index (κ1) is 16.5. The minimum Gasteiger partial charge on any atom is -0.465 e. The normalized spacial score (nSPS) is 21.0. The highest BCUT2D eigenvalue weighted by atomic mass is 16.5. The summed E-state index contributed by atoms with van der Waals surface area (Å²) < 4.78 is 4.94. The first-order chi connectivity index (χ1) is 8.69. The summed E-state index contributed by atoms with van der Waals surface area (Å²) in [7, 11) is 0. The van der Waals surface area contributed by atoms with Gasteiger partial charge in [0.05, 0.1) is 12.5 Å². The van der Waals surface area contributed by atoms with Crippen LogP contribution in [0.15, 0.2) is 36.6 Å². The molecule has 1 N–H and O–H groups in total. The summed E-state index contributed by atoms with van der Waals surface area (Å²) in [6, 6.07) is 0.0736. The Morgan fingerprint density at radius 2 is 2.22 bits per heavy atom. The molecule has 0 amide bonds. The van der Waals surface area contributed by atoms with Crippen LogP contribution in [0.1, 0.15) is 34.1 Å². The Balaban J connectivity index is 0.00000137. The SMILES string of the molecule is C=C/C(=C\C=C/C)NC(C)C1CCOC1=O.CC. The van der Waals surface area contributed by atoms with E-state index in [9.17, 15) is 4.79 Å². The smallest absolute Gasteiger partial charge is 0.311 e. The van der Waals surface area contributed by atoms with Gasteiger partial charge in [0, 0.05) is 11.7 Å². The average Bonchev–Trinajstić information content (AvgIpc) is 2.83. The van der Waals surface area contributed by atoms with Gasteiger partial charge in [-0.2, -0.15) is 0 Å². The van der Waals surface area contributed by atoms with Crippen molar-refractivity contribution in [2.24, 2.45) is 5.92 Å². The molecule has 3 nitrogen and oxygen atoms in total. The van der Waals surface area contributed by atoms with Gasteiger partial charge in [0.1, 0.15) is 0 Å². The van der Waals surface area contributed by atoms with Crippen molar-refractivity contribution in [3.63, 3.8) is 0 Å². The Morgan fingerprint density at radius 3 is 2.67 bits per heavy atom. The summed E-state index contributed by atoms with van der Waals surface area (Å²) in [5, 5.41) is 3.26. The van der Waals surface area contributed by atoms with Gasteiger partial charge in [-0.25, -0.2) is 0 Å². The van der Waals surface area contributed by atoms with Gasteiger partial charge in [-0.1, -0.05) is 32.6 Å². The third-order valence-electron chi connectivity index (χ3n) is 2.66. The molecule has 0 aliphatic carbocycles. The molecule has 0 aromatic heterocycles. The average molecular weight is 251 g/mol. The number of carbonyl (C=O) groups is 1. The summed E-state index contributed by atoms with van der Waals surface area (Å²) in [5.41, 5.74) is 0.922. The maximum Gasteiger partial charge on any atom is 0.311 e. The lowest BCUT2D eigenvalue weighted by Gasteiger charge is -2.19. The van der Waals surface area contributed by atoms with Crippen LogP contribution in [-0.4, -0.2) is 18.6 Å². The number of esters is 1. The van der Waals surface area contributed by atoms with E-state index in [0.717, 1.165) is 12.1 Å². The van der Waals surface area contributed by atoms with Crippen molar-refractivity contribution >= 4 is 5.97 Å². The second-order valence-electron chi connectivity index (χ2n) is 3.85. The second kappa shape index (κ2) is 9.51. The fourth-order valence-electron chi connectivity index (χ4n) is 1.70. The fourth-order valence-corrected chi connectivity index (χ4v) is 1.70. The van der Waals surface area contributed by atoms with Crippen LogP contribution in [0, 0.1) is 5.92 Å². The van der Waals surface area contributed by atoms with Crippen LogP contribution in [0.25, 0.3) is 0 Å². The zero-order valence-electron chi connectivity index (χ0n) is 11.9. The van der Waals surface area contributed by atoms with Crippen LogP contribution in [0.4, 0.5) is 0 Å². The Labute approximate surface area is 111 Å². The molecule has 2 unspecified atom stereocenters. The quantitative estimate of drug-likeness (QED) is 0.602. The molecule has 1 saturated heterocycles. The zero-order chi connectivity index (χ0) is 14.0. The molecule has 2 atom stereocenters. The third-order valence-corrected chi connectivity index (χ3v) is 2.66. The number of ether oxygens (including phenoxy) is 1. The number of cyclic esters (lactones) is 1. The van der Waals surface area contributed by atoms with E-state index in [1.807, 2.05) is 45.9 Å². The molecule has 1 heterocycles. The number of hydrogen-bond acceptors (Lipinski definition) is 3. The van der Waals surface area contributed by atoms with Crippen molar-refractivity contribution in [3.8, 4) is 0 Å². The molecule has 0 saturated carbocycles. The van der Waals surface area contributed by atoms with Crippen molar-refractivity contribution in [2.75, 3.05) is 6.61 Å². The molecule has 102 valence electrons. The lowest BCUT2D eigenvalue weighted by atomic mass is 10.00. The van der Waals surface area contributed by atoms with Gasteiger partial charge in [0.2, 0.25) is 0 Å². The predicted octanol–water partition coefficient (Wildman–Crippen LogP) is 3.20. The highest BCUT2D eigenvalue weighted by molar-refractivity contribution is 5.75. The number of allylic oxidation sites excluding steroid dienone is 4. The molecule has 0 bridgehead atoms. The molecule has 0 aromatic rings. The molecule has 0 aromatic carbocycles. The van der Waals surface area contributed by atoms with E-state index in [1.165, 1.54) is 0 Å². The van der Waals surface area contributed by atoms with E-state index in [-0.39, 0.29) is 17.9 Å². The Hall–Kier alpha value is -1.51. The Morgan fingerprint density at radius 1 is 1.56 bits per heavy atom. The second-order valence-corrected chi connectivity index (χ2v) is 3.85. The van der Waals surface area contributed by atoms with Gasteiger partial charge in [-0.3, -0.25) is 4.79 Å². The minimum atomic E-state index is -0.102. The predicted molar refractivity (Wildman–Crippen MR) is 76.1 cm³/mol. The van der Waals surface area contributed by atoms with Crippen molar-refractivity contribution < 1.29 is 9.53 Å². The van der Waals surface area contributed by atoms with Crippen molar-refractivity contribution in [1.29, 1.82) is 0 Å². The molecule has 0 radical (unpaired) electrons. The van der Waals surface area contributed by atoms with Gasteiger partial charge in [-0.05, 0) is 32.4 Å². The molecular weight excluding hydrogens is 226 g/mol. The fraction of sp³-hybridized carbons (Fsp3) is 0.533. The van der Waals surface area contributed by atoms with Crippen molar-refractivity contribution in [1.82, 2.24) is 5.32 Å². The molecule has 1 aliphatic rings. The molecule has 0 spiro atoms. The number of hydrogen-bond donors (Lipinski definition) is 1. The first-order valence-corrected chi connectivity index (χ1v) is 6.57.